The predicted octanol–water partition coefficient (Wildman–Crippen LogP) is 3.76. The number of ether oxygens (including phenoxy) is 2. The molecule has 7 heteroatoms. The van der Waals surface area contributed by atoms with Crippen LogP contribution >= 0.6 is 0 Å². The van der Waals surface area contributed by atoms with Gasteiger partial charge in [-0.2, -0.15) is 0 Å². The van der Waals surface area contributed by atoms with Crippen LogP contribution in [-0.4, -0.2) is 21.0 Å². The van der Waals surface area contributed by atoms with Crippen molar-refractivity contribution in [3.8, 4) is 11.5 Å². The van der Waals surface area contributed by atoms with Crippen LogP contribution < -0.4 is 14.2 Å². The zero-order chi connectivity index (χ0) is 18.7. The van der Waals surface area contributed by atoms with E-state index in [1.807, 2.05) is 12.1 Å². The molecule has 0 bridgehead atoms. The number of ketones is 1. The van der Waals surface area contributed by atoms with Gasteiger partial charge in [0, 0.05) is 11.6 Å². The van der Waals surface area contributed by atoms with Crippen molar-refractivity contribution in [2.75, 3.05) is 11.5 Å². The molecule has 0 radical (unpaired) electrons. The molecule has 1 heterocycles. The van der Waals surface area contributed by atoms with E-state index in [4.69, 9.17) is 9.47 Å². The summed E-state index contributed by atoms with van der Waals surface area (Å²) in [6.45, 7) is 3.53. The maximum absolute atomic E-state index is 12.7. The number of carbonyl (C=O) groups is 1. The zero-order valence-corrected chi connectivity index (χ0v) is 15.6. The van der Waals surface area contributed by atoms with Crippen molar-refractivity contribution < 1.29 is 22.7 Å². The Bertz CT molecular complexity index is 920. The standard InChI is InChI=1S/C19H21NO5S/c1-3-4-5-14-6-8-15(9-7-14)26(22,23)20-17-11-19-18(24-12-25-19)10-16(17)13(2)21/h6-11,20H,3-5,12H2,1-2H3. The van der Waals surface area contributed by atoms with Crippen molar-refractivity contribution in [2.45, 2.75) is 38.0 Å². The summed E-state index contributed by atoms with van der Waals surface area (Å²) in [6.07, 6.45) is 3.06. The van der Waals surface area contributed by atoms with Crippen LogP contribution in [-0.2, 0) is 16.4 Å². The highest BCUT2D eigenvalue weighted by Gasteiger charge is 2.23. The van der Waals surface area contributed by atoms with Crippen LogP contribution in [0.15, 0.2) is 41.3 Å². The second-order valence-corrected chi connectivity index (χ2v) is 7.84. The minimum Gasteiger partial charge on any atom is -0.454 e. The monoisotopic (exact) mass is 375 g/mol. The van der Waals surface area contributed by atoms with Gasteiger partial charge in [0.25, 0.3) is 10.0 Å². The van der Waals surface area contributed by atoms with Crippen LogP contribution in [0.2, 0.25) is 0 Å². The first-order valence-electron chi connectivity index (χ1n) is 8.47. The summed E-state index contributed by atoms with van der Waals surface area (Å²) in [5.74, 6) is 0.567. The second-order valence-electron chi connectivity index (χ2n) is 6.16. The lowest BCUT2D eigenvalue weighted by Gasteiger charge is -2.12. The summed E-state index contributed by atoms with van der Waals surface area (Å²) in [6, 6.07) is 9.76. The fourth-order valence-electron chi connectivity index (χ4n) is 2.74. The van der Waals surface area contributed by atoms with E-state index in [1.54, 1.807) is 12.1 Å². The summed E-state index contributed by atoms with van der Waals surface area (Å²) in [7, 11) is -3.82. The minimum absolute atomic E-state index is 0.0438. The topological polar surface area (TPSA) is 81.7 Å². The zero-order valence-electron chi connectivity index (χ0n) is 14.7. The lowest BCUT2D eigenvalue weighted by Crippen LogP contribution is -2.15. The molecule has 0 saturated carbocycles. The van der Waals surface area contributed by atoms with Crippen LogP contribution in [0.5, 0.6) is 11.5 Å². The molecule has 2 aromatic carbocycles. The van der Waals surface area contributed by atoms with Crippen LogP contribution in [0.4, 0.5) is 5.69 Å². The van der Waals surface area contributed by atoms with Crippen molar-refractivity contribution >= 4 is 21.5 Å². The number of hydrogen-bond acceptors (Lipinski definition) is 5. The van der Waals surface area contributed by atoms with Crippen molar-refractivity contribution in [2.24, 2.45) is 0 Å². The highest BCUT2D eigenvalue weighted by Crippen LogP contribution is 2.38. The number of sulfonamides is 1. The van der Waals surface area contributed by atoms with Crippen LogP contribution in [0.25, 0.3) is 0 Å². The van der Waals surface area contributed by atoms with Gasteiger partial charge in [0.05, 0.1) is 10.6 Å². The van der Waals surface area contributed by atoms with E-state index in [2.05, 4.69) is 11.6 Å². The van der Waals surface area contributed by atoms with Gasteiger partial charge in [-0.25, -0.2) is 8.42 Å². The van der Waals surface area contributed by atoms with E-state index in [9.17, 15) is 13.2 Å². The van der Waals surface area contributed by atoms with E-state index in [0.29, 0.717) is 11.5 Å². The Labute approximate surface area is 153 Å². The van der Waals surface area contributed by atoms with Crippen molar-refractivity contribution in [3.63, 3.8) is 0 Å². The Balaban J connectivity index is 1.89. The summed E-state index contributed by atoms with van der Waals surface area (Å²) in [5.41, 5.74) is 1.51. The maximum Gasteiger partial charge on any atom is 0.261 e. The highest BCUT2D eigenvalue weighted by atomic mass is 32.2. The summed E-state index contributed by atoms with van der Waals surface area (Å²) in [5, 5.41) is 0. The molecular weight excluding hydrogens is 354 g/mol. The molecule has 0 aromatic heterocycles. The number of nitrogens with one attached hydrogen (secondary N) is 1. The van der Waals surface area contributed by atoms with Crippen LogP contribution in [0.3, 0.4) is 0 Å². The van der Waals surface area contributed by atoms with E-state index >= 15 is 0 Å². The lowest BCUT2D eigenvalue weighted by molar-refractivity contribution is 0.101. The highest BCUT2D eigenvalue weighted by molar-refractivity contribution is 7.92. The van der Waals surface area contributed by atoms with Crippen LogP contribution in [0, 0.1) is 0 Å². The molecule has 0 amide bonds. The Kier molecular flexibility index (Phi) is 5.18. The molecule has 1 aliphatic heterocycles. The number of anilines is 1. The molecule has 1 aliphatic rings. The van der Waals surface area contributed by atoms with Gasteiger partial charge in [-0.15, -0.1) is 0 Å². The van der Waals surface area contributed by atoms with Gasteiger partial charge < -0.3 is 9.47 Å². The summed E-state index contributed by atoms with van der Waals surface area (Å²) < 4.78 is 38.4. The third kappa shape index (κ3) is 3.83. The number of hydrogen-bond donors (Lipinski definition) is 1. The third-order valence-electron chi connectivity index (χ3n) is 4.19. The van der Waals surface area contributed by atoms with E-state index in [0.717, 1.165) is 24.8 Å². The van der Waals surface area contributed by atoms with Gasteiger partial charge in [0.1, 0.15) is 0 Å². The van der Waals surface area contributed by atoms with E-state index in [-0.39, 0.29) is 28.7 Å². The van der Waals surface area contributed by atoms with E-state index < -0.39 is 10.0 Å². The lowest BCUT2D eigenvalue weighted by atomic mass is 10.1. The average molecular weight is 375 g/mol. The molecule has 0 unspecified atom stereocenters. The number of carbonyl (C=O) groups excluding carboxylic acids is 1. The van der Waals surface area contributed by atoms with Crippen LogP contribution in [0.1, 0.15) is 42.6 Å². The molecule has 0 aliphatic carbocycles. The molecule has 1 N–H and O–H groups in total. The van der Waals surface area contributed by atoms with Crippen molar-refractivity contribution in [1.29, 1.82) is 0 Å². The van der Waals surface area contributed by atoms with Gasteiger partial charge >= 0.3 is 0 Å². The van der Waals surface area contributed by atoms with Gasteiger partial charge in [-0.1, -0.05) is 25.5 Å². The Morgan fingerprint density at radius 3 is 2.38 bits per heavy atom. The van der Waals surface area contributed by atoms with Crippen molar-refractivity contribution in [3.05, 3.63) is 47.5 Å². The summed E-state index contributed by atoms with van der Waals surface area (Å²) >= 11 is 0. The molecule has 6 nitrogen and oxygen atoms in total. The Morgan fingerprint density at radius 1 is 1.12 bits per heavy atom. The third-order valence-corrected chi connectivity index (χ3v) is 5.57. The predicted molar refractivity (Wildman–Crippen MR) is 98.4 cm³/mol. The quantitative estimate of drug-likeness (QED) is 0.745. The largest absolute Gasteiger partial charge is 0.454 e. The van der Waals surface area contributed by atoms with Gasteiger partial charge in [0.2, 0.25) is 6.79 Å². The maximum atomic E-state index is 12.7. The average Bonchev–Trinajstić information content (AvgIpc) is 3.06. The molecule has 0 spiro atoms. The smallest absolute Gasteiger partial charge is 0.261 e. The molecule has 0 saturated heterocycles. The fourth-order valence-corrected chi connectivity index (χ4v) is 3.81. The van der Waals surface area contributed by atoms with E-state index in [1.165, 1.54) is 19.1 Å². The first-order valence-corrected chi connectivity index (χ1v) is 9.95. The minimum atomic E-state index is -3.82. The molecule has 138 valence electrons. The summed E-state index contributed by atoms with van der Waals surface area (Å²) in [4.78, 5) is 12.0. The van der Waals surface area contributed by atoms with Gasteiger partial charge in [0.15, 0.2) is 17.3 Å². The van der Waals surface area contributed by atoms with Gasteiger partial charge in [-0.05, 0) is 43.5 Å². The normalized spacial score (nSPS) is 12.8. The number of benzene rings is 2. The molecular formula is C19H21NO5S. The molecule has 3 rings (SSSR count). The number of Topliss-reactive ketones (excluding diaryl/α,β-unsaturated/α-hetero) is 1. The molecule has 26 heavy (non-hydrogen) atoms. The first-order chi connectivity index (χ1) is 12.4. The fraction of sp³-hybridized carbons (Fsp3) is 0.316. The SMILES string of the molecule is CCCCc1ccc(S(=O)(=O)Nc2cc3c(cc2C(C)=O)OCO3)cc1. The number of rotatable bonds is 7. The molecule has 2 aromatic rings. The van der Waals surface area contributed by atoms with Crippen molar-refractivity contribution in [1.82, 2.24) is 0 Å². The van der Waals surface area contributed by atoms with Gasteiger partial charge in [-0.3, -0.25) is 9.52 Å². The molecule has 0 fully saturated rings. The number of unbranched alkanes of at least 4 members (excludes halogenated alkanes) is 1. The number of fused-ring (bicyclic) bond motifs is 1. The second kappa shape index (κ2) is 7.37. The Morgan fingerprint density at radius 2 is 1.77 bits per heavy atom. The molecule has 0 atom stereocenters. The first kappa shape index (κ1) is 18.3. The Hall–Kier alpha value is -2.54. The number of aryl methyl sites for hydroxylation is 1.